The van der Waals surface area contributed by atoms with E-state index in [2.05, 4.69) is 47.2 Å². The van der Waals surface area contributed by atoms with E-state index in [1.807, 2.05) is 0 Å². The van der Waals surface area contributed by atoms with Gasteiger partial charge in [0.25, 0.3) is 0 Å². The number of piperidine rings is 1. The minimum atomic E-state index is 0.138. The Labute approximate surface area is 185 Å². The molecule has 5 fully saturated rings. The fourth-order valence-corrected chi connectivity index (χ4v) is 7.81. The first kappa shape index (κ1) is 19.6. The van der Waals surface area contributed by atoms with Crippen molar-refractivity contribution in [3.05, 3.63) is 23.8 Å². The fraction of sp³-hybridized carbons (Fsp3) is 0.692. The zero-order valence-electron chi connectivity index (χ0n) is 19.0. The SMILES string of the molecule is Cc1ccc2nc(N3CCC(C(=O)NC(C)C45CC6CC(CC(C6)C4)C5)CC3)[nH]c2c1. The second kappa shape index (κ2) is 7.25. The van der Waals surface area contributed by atoms with Crippen molar-refractivity contribution in [3.8, 4) is 0 Å². The molecule has 4 aliphatic carbocycles. The Morgan fingerprint density at radius 3 is 2.42 bits per heavy atom. The number of aryl methyl sites for hydroxylation is 1. The van der Waals surface area contributed by atoms with Crippen LogP contribution in [0.5, 0.6) is 0 Å². The molecule has 2 aromatic rings. The highest BCUT2D eigenvalue weighted by molar-refractivity contribution is 5.80. The number of imidazole rings is 1. The Hall–Kier alpha value is -2.04. The number of H-pyrrole nitrogens is 1. The number of carbonyl (C=O) groups is 1. The number of anilines is 1. The smallest absolute Gasteiger partial charge is 0.223 e. The van der Waals surface area contributed by atoms with Gasteiger partial charge >= 0.3 is 0 Å². The Morgan fingerprint density at radius 1 is 1.13 bits per heavy atom. The van der Waals surface area contributed by atoms with Gasteiger partial charge in [0.1, 0.15) is 0 Å². The molecule has 2 N–H and O–H groups in total. The summed E-state index contributed by atoms with van der Waals surface area (Å²) in [6.45, 7) is 6.19. The molecule has 7 rings (SSSR count). The van der Waals surface area contributed by atoms with Crippen LogP contribution in [0.4, 0.5) is 5.95 Å². The van der Waals surface area contributed by atoms with E-state index < -0.39 is 0 Å². The van der Waals surface area contributed by atoms with Gasteiger partial charge in [-0.05, 0) is 106 Å². The summed E-state index contributed by atoms with van der Waals surface area (Å²) in [7, 11) is 0. The normalized spacial score (nSPS) is 33.7. The highest BCUT2D eigenvalue weighted by Crippen LogP contribution is 2.61. The molecule has 0 radical (unpaired) electrons. The predicted octanol–water partition coefficient (Wildman–Crippen LogP) is 4.81. The lowest BCUT2D eigenvalue weighted by Crippen LogP contribution is -2.56. The number of carbonyl (C=O) groups excluding carboxylic acids is 1. The standard InChI is InChI=1S/C26H36N4O/c1-16-3-4-22-23(9-16)29-25(28-22)30-7-5-21(6-8-30)24(31)27-17(2)26-13-18-10-19(14-26)12-20(11-18)15-26/h3-4,9,17-21H,5-8,10-15H2,1-2H3,(H,27,31)(H,28,29). The first-order valence-electron chi connectivity index (χ1n) is 12.5. The van der Waals surface area contributed by atoms with Crippen LogP contribution in [-0.4, -0.2) is 35.0 Å². The zero-order chi connectivity index (χ0) is 21.2. The van der Waals surface area contributed by atoms with Gasteiger partial charge in [-0.25, -0.2) is 4.98 Å². The average molecular weight is 421 g/mol. The number of hydrogen-bond donors (Lipinski definition) is 2. The molecule has 1 unspecified atom stereocenters. The maximum atomic E-state index is 13.2. The van der Waals surface area contributed by atoms with Gasteiger partial charge < -0.3 is 15.2 Å². The molecule has 5 nitrogen and oxygen atoms in total. The number of aromatic nitrogens is 2. The molecule has 5 heteroatoms. The molecule has 2 heterocycles. The van der Waals surface area contributed by atoms with Crippen LogP contribution in [0.15, 0.2) is 18.2 Å². The number of amides is 1. The van der Waals surface area contributed by atoms with E-state index in [-0.39, 0.29) is 5.92 Å². The second-order valence-electron chi connectivity index (χ2n) is 11.4. The van der Waals surface area contributed by atoms with Crippen LogP contribution in [0, 0.1) is 36.0 Å². The minimum Gasteiger partial charge on any atom is -0.353 e. The molecule has 1 aromatic heterocycles. The average Bonchev–Trinajstić information content (AvgIpc) is 3.16. The predicted molar refractivity (Wildman–Crippen MR) is 124 cm³/mol. The van der Waals surface area contributed by atoms with Crippen LogP contribution in [-0.2, 0) is 4.79 Å². The molecular formula is C26H36N4O. The van der Waals surface area contributed by atoms with E-state index in [0.29, 0.717) is 17.4 Å². The van der Waals surface area contributed by atoms with E-state index in [1.165, 1.54) is 44.1 Å². The van der Waals surface area contributed by atoms with Crippen LogP contribution in [0.3, 0.4) is 0 Å². The first-order valence-corrected chi connectivity index (χ1v) is 12.5. The van der Waals surface area contributed by atoms with Crippen molar-refractivity contribution in [2.24, 2.45) is 29.1 Å². The topological polar surface area (TPSA) is 61.0 Å². The van der Waals surface area contributed by atoms with E-state index in [1.54, 1.807) is 0 Å². The number of benzene rings is 1. The minimum absolute atomic E-state index is 0.138. The molecule has 4 bridgehead atoms. The van der Waals surface area contributed by atoms with E-state index >= 15 is 0 Å². The van der Waals surface area contributed by atoms with E-state index in [0.717, 1.165) is 60.7 Å². The van der Waals surface area contributed by atoms with Crippen LogP contribution >= 0.6 is 0 Å². The summed E-state index contributed by atoms with van der Waals surface area (Å²) in [5.41, 5.74) is 3.74. The highest BCUT2D eigenvalue weighted by Gasteiger charge is 2.53. The van der Waals surface area contributed by atoms with Crippen molar-refractivity contribution in [1.82, 2.24) is 15.3 Å². The third-order valence-electron chi connectivity index (χ3n) is 9.15. The summed E-state index contributed by atoms with van der Waals surface area (Å²) in [5, 5.41) is 3.51. The highest BCUT2D eigenvalue weighted by atomic mass is 16.2. The van der Waals surface area contributed by atoms with Crippen LogP contribution in [0.2, 0.25) is 0 Å². The summed E-state index contributed by atoms with van der Waals surface area (Å²) in [6, 6.07) is 6.66. The summed E-state index contributed by atoms with van der Waals surface area (Å²) in [5.74, 6) is 4.17. The van der Waals surface area contributed by atoms with Gasteiger partial charge in [-0.15, -0.1) is 0 Å². The molecule has 1 atom stereocenters. The van der Waals surface area contributed by atoms with Gasteiger partial charge in [-0.3, -0.25) is 4.79 Å². The van der Waals surface area contributed by atoms with Crippen molar-refractivity contribution in [3.63, 3.8) is 0 Å². The summed E-state index contributed by atoms with van der Waals surface area (Å²) >= 11 is 0. The monoisotopic (exact) mass is 420 g/mol. The molecule has 31 heavy (non-hydrogen) atoms. The molecular weight excluding hydrogens is 384 g/mol. The van der Waals surface area contributed by atoms with Crippen molar-refractivity contribution in [2.45, 2.75) is 71.3 Å². The molecule has 1 aromatic carbocycles. The van der Waals surface area contributed by atoms with Gasteiger partial charge in [0.15, 0.2) is 0 Å². The third kappa shape index (κ3) is 3.44. The molecule has 1 aliphatic heterocycles. The number of nitrogens with one attached hydrogen (secondary N) is 2. The van der Waals surface area contributed by atoms with Crippen LogP contribution in [0.25, 0.3) is 11.0 Å². The summed E-state index contributed by atoms with van der Waals surface area (Å²) in [6.07, 6.45) is 10.3. The number of nitrogens with zero attached hydrogens (tertiary/aromatic N) is 2. The van der Waals surface area contributed by atoms with Gasteiger partial charge in [-0.2, -0.15) is 0 Å². The Kier molecular flexibility index (Phi) is 4.59. The molecule has 0 spiro atoms. The van der Waals surface area contributed by atoms with Crippen LogP contribution in [0.1, 0.15) is 63.9 Å². The van der Waals surface area contributed by atoms with Gasteiger partial charge in [0, 0.05) is 25.0 Å². The largest absolute Gasteiger partial charge is 0.353 e. The van der Waals surface area contributed by atoms with Gasteiger partial charge in [-0.1, -0.05) is 6.07 Å². The van der Waals surface area contributed by atoms with Gasteiger partial charge in [0.05, 0.1) is 11.0 Å². The van der Waals surface area contributed by atoms with Gasteiger partial charge in [0.2, 0.25) is 11.9 Å². The van der Waals surface area contributed by atoms with Crippen molar-refractivity contribution in [1.29, 1.82) is 0 Å². The number of rotatable bonds is 4. The van der Waals surface area contributed by atoms with E-state index in [9.17, 15) is 4.79 Å². The maximum absolute atomic E-state index is 13.2. The molecule has 1 saturated heterocycles. The van der Waals surface area contributed by atoms with Crippen molar-refractivity contribution in [2.75, 3.05) is 18.0 Å². The molecule has 1 amide bonds. The molecule has 5 aliphatic rings. The lowest BCUT2D eigenvalue weighted by molar-refractivity contribution is -0.130. The Bertz CT molecular complexity index is 951. The molecule has 166 valence electrons. The first-order chi connectivity index (χ1) is 15.0. The lowest BCUT2D eigenvalue weighted by atomic mass is 9.48. The van der Waals surface area contributed by atoms with Crippen molar-refractivity contribution < 1.29 is 4.79 Å². The quantitative estimate of drug-likeness (QED) is 0.746. The number of hydrogen-bond acceptors (Lipinski definition) is 3. The summed E-state index contributed by atoms with van der Waals surface area (Å²) < 4.78 is 0. The third-order valence-corrected chi connectivity index (χ3v) is 9.15. The number of aromatic amines is 1. The van der Waals surface area contributed by atoms with Crippen molar-refractivity contribution >= 4 is 22.9 Å². The fourth-order valence-electron chi connectivity index (χ4n) is 7.81. The lowest BCUT2D eigenvalue weighted by Gasteiger charge is -2.59. The zero-order valence-corrected chi connectivity index (χ0v) is 19.0. The maximum Gasteiger partial charge on any atom is 0.223 e. The second-order valence-corrected chi connectivity index (χ2v) is 11.4. The van der Waals surface area contributed by atoms with Crippen LogP contribution < -0.4 is 10.2 Å². The molecule has 4 saturated carbocycles. The van der Waals surface area contributed by atoms with E-state index in [4.69, 9.17) is 4.98 Å². The Balaban J connectivity index is 1.07. The Morgan fingerprint density at radius 2 is 1.77 bits per heavy atom. The summed E-state index contributed by atoms with van der Waals surface area (Å²) in [4.78, 5) is 23.7. The number of fused-ring (bicyclic) bond motifs is 1.